The van der Waals surface area contributed by atoms with E-state index in [-0.39, 0.29) is 24.4 Å². The second-order valence-corrected chi connectivity index (χ2v) is 8.12. The quantitative estimate of drug-likeness (QED) is 0.537. The van der Waals surface area contributed by atoms with Gasteiger partial charge in [0.2, 0.25) is 0 Å². The summed E-state index contributed by atoms with van der Waals surface area (Å²) >= 11 is 5.93. The van der Waals surface area contributed by atoms with Crippen LogP contribution in [0.1, 0.15) is 22.8 Å². The Hall–Kier alpha value is -3.82. The summed E-state index contributed by atoms with van der Waals surface area (Å²) in [5, 5.41) is 5.16. The van der Waals surface area contributed by atoms with Crippen LogP contribution in [0.4, 0.5) is 0 Å². The van der Waals surface area contributed by atoms with Crippen LogP contribution in [-0.2, 0) is 18.4 Å². The molecule has 10 heteroatoms. The van der Waals surface area contributed by atoms with Gasteiger partial charge in [-0.15, -0.1) is 0 Å². The first-order valence-corrected chi connectivity index (χ1v) is 11.1. The smallest absolute Gasteiger partial charge is 0.331 e. The van der Waals surface area contributed by atoms with E-state index in [9.17, 15) is 14.4 Å². The first kappa shape index (κ1) is 23.3. The molecule has 0 bridgehead atoms. The number of aromatic nitrogens is 2. The van der Waals surface area contributed by atoms with Crippen LogP contribution in [0.5, 0.6) is 0 Å². The molecule has 176 valence electrons. The molecule has 0 fully saturated rings. The molecule has 1 aromatic heterocycles. The van der Waals surface area contributed by atoms with Gasteiger partial charge in [-0.1, -0.05) is 23.7 Å². The minimum Gasteiger partial charge on any atom is -0.348 e. The van der Waals surface area contributed by atoms with Crippen molar-refractivity contribution in [3.05, 3.63) is 104 Å². The highest BCUT2D eigenvalue weighted by molar-refractivity contribution is 6.30. The molecule has 34 heavy (non-hydrogen) atoms. The van der Waals surface area contributed by atoms with E-state index in [0.717, 1.165) is 15.7 Å². The molecule has 4 rings (SSSR count). The zero-order valence-corrected chi connectivity index (χ0v) is 19.5. The summed E-state index contributed by atoms with van der Waals surface area (Å²) < 4.78 is 2.56. The summed E-state index contributed by atoms with van der Waals surface area (Å²) in [7, 11) is 1.60. The van der Waals surface area contributed by atoms with Gasteiger partial charge in [-0.2, -0.15) is 5.17 Å². The Labute approximate surface area is 200 Å². The number of hydrazine groups is 1. The van der Waals surface area contributed by atoms with Gasteiger partial charge in [0.15, 0.2) is 0 Å². The number of fused-ring (bicyclic) bond motifs is 1. The van der Waals surface area contributed by atoms with Crippen molar-refractivity contribution < 1.29 is 9.63 Å². The fourth-order valence-corrected chi connectivity index (χ4v) is 3.75. The fourth-order valence-electron chi connectivity index (χ4n) is 3.62. The number of halogens is 1. The lowest BCUT2D eigenvalue weighted by Crippen LogP contribution is -2.39. The lowest BCUT2D eigenvalue weighted by molar-refractivity contribution is -0.144. The van der Waals surface area contributed by atoms with Gasteiger partial charge < -0.3 is 5.32 Å². The standard InChI is InChI=1S/C24H24ClN5O4/c1-3-34-30-15-17(10-11-27-30)13-26-22(31)18-6-9-21-20(12-18)23(32)29(24(33)28(21)2)14-16-4-7-19(25)8-5-16/h4-12,15,27H,3,13-14H2,1-2H3,(H,26,31). The largest absolute Gasteiger partial charge is 0.348 e. The van der Waals surface area contributed by atoms with Gasteiger partial charge in [0.1, 0.15) is 0 Å². The molecule has 1 aliphatic heterocycles. The number of hydrogen-bond donors (Lipinski definition) is 2. The van der Waals surface area contributed by atoms with Crippen LogP contribution in [-0.4, -0.2) is 33.4 Å². The Balaban J connectivity index is 1.60. The maximum Gasteiger partial charge on any atom is 0.331 e. The molecule has 1 amide bonds. The van der Waals surface area contributed by atoms with Crippen LogP contribution in [0.25, 0.3) is 10.9 Å². The highest BCUT2D eigenvalue weighted by Crippen LogP contribution is 2.13. The number of amides is 1. The molecule has 0 unspecified atom stereocenters. The maximum absolute atomic E-state index is 13.2. The number of nitrogens with zero attached hydrogens (tertiary/aromatic N) is 3. The monoisotopic (exact) mass is 481 g/mol. The van der Waals surface area contributed by atoms with Crippen LogP contribution in [0, 0.1) is 0 Å². The van der Waals surface area contributed by atoms with E-state index in [1.54, 1.807) is 55.8 Å². The van der Waals surface area contributed by atoms with Crippen molar-refractivity contribution in [3.63, 3.8) is 0 Å². The summed E-state index contributed by atoms with van der Waals surface area (Å²) in [5.74, 6) is -0.338. The third kappa shape index (κ3) is 4.90. The minimum absolute atomic E-state index is 0.0971. The molecule has 9 nitrogen and oxygen atoms in total. The second-order valence-electron chi connectivity index (χ2n) is 7.68. The van der Waals surface area contributed by atoms with Crippen LogP contribution < -0.4 is 22.0 Å². The molecule has 1 aliphatic rings. The summed E-state index contributed by atoms with van der Waals surface area (Å²) in [4.78, 5) is 44.2. The highest BCUT2D eigenvalue weighted by Gasteiger charge is 2.15. The van der Waals surface area contributed by atoms with Crippen LogP contribution in [0.15, 0.2) is 76.1 Å². The van der Waals surface area contributed by atoms with Gasteiger partial charge in [-0.25, -0.2) is 4.79 Å². The molecular weight excluding hydrogens is 458 g/mol. The zero-order chi connectivity index (χ0) is 24.2. The Morgan fingerprint density at radius 3 is 2.65 bits per heavy atom. The Morgan fingerprint density at radius 1 is 1.15 bits per heavy atom. The molecule has 2 N–H and O–H groups in total. The lowest BCUT2D eigenvalue weighted by Gasteiger charge is -2.22. The summed E-state index contributed by atoms with van der Waals surface area (Å²) in [6.07, 6.45) is 5.26. The SMILES string of the molecule is CCON1C=C(CNC(=O)c2ccc3c(c2)c(=O)n(Cc2ccc(Cl)cc2)c(=O)n3C)C=CN1. The van der Waals surface area contributed by atoms with Crippen LogP contribution >= 0.6 is 11.6 Å². The van der Waals surface area contributed by atoms with Crippen molar-refractivity contribution in [2.45, 2.75) is 13.5 Å². The van der Waals surface area contributed by atoms with Gasteiger partial charge in [0, 0.05) is 30.4 Å². The van der Waals surface area contributed by atoms with E-state index in [4.69, 9.17) is 16.4 Å². The maximum atomic E-state index is 13.2. The number of nitrogens with one attached hydrogen (secondary N) is 2. The third-order valence-corrected chi connectivity index (χ3v) is 5.62. The van der Waals surface area contributed by atoms with E-state index >= 15 is 0 Å². The molecule has 0 saturated heterocycles. The van der Waals surface area contributed by atoms with E-state index in [0.29, 0.717) is 22.7 Å². The van der Waals surface area contributed by atoms with Crippen molar-refractivity contribution in [2.24, 2.45) is 7.05 Å². The third-order valence-electron chi connectivity index (χ3n) is 5.37. The molecule has 0 radical (unpaired) electrons. The predicted octanol–water partition coefficient (Wildman–Crippen LogP) is 2.30. The number of hydrogen-bond acceptors (Lipinski definition) is 6. The average molecular weight is 482 g/mol. The second kappa shape index (κ2) is 9.98. The molecular formula is C24H24ClN5O4. The molecule has 2 aromatic carbocycles. The molecule has 2 heterocycles. The average Bonchev–Trinajstić information content (AvgIpc) is 2.85. The number of carbonyl (C=O) groups excluding carboxylic acids is 1. The number of aryl methyl sites for hydroxylation is 1. The van der Waals surface area contributed by atoms with Crippen LogP contribution in [0.3, 0.4) is 0 Å². The normalized spacial score (nSPS) is 13.0. The van der Waals surface area contributed by atoms with Gasteiger partial charge in [0.25, 0.3) is 11.5 Å². The first-order valence-electron chi connectivity index (χ1n) is 10.7. The molecule has 0 atom stereocenters. The van der Waals surface area contributed by atoms with Gasteiger partial charge >= 0.3 is 5.69 Å². The lowest BCUT2D eigenvalue weighted by atomic mass is 10.1. The van der Waals surface area contributed by atoms with Crippen molar-refractivity contribution in [1.29, 1.82) is 0 Å². The molecule has 0 aliphatic carbocycles. The van der Waals surface area contributed by atoms with Crippen molar-refractivity contribution in [1.82, 2.24) is 25.0 Å². The molecule has 0 spiro atoms. The first-order chi connectivity index (χ1) is 16.4. The zero-order valence-electron chi connectivity index (χ0n) is 18.7. The minimum atomic E-state index is -0.459. The van der Waals surface area contributed by atoms with Crippen molar-refractivity contribution in [2.75, 3.05) is 13.2 Å². The summed E-state index contributed by atoms with van der Waals surface area (Å²) in [6, 6.07) is 11.7. The van der Waals surface area contributed by atoms with Gasteiger partial charge in [0.05, 0.1) is 30.3 Å². The number of carbonyl (C=O) groups is 1. The number of rotatable bonds is 7. The topological polar surface area (TPSA) is 97.6 Å². The Kier molecular flexibility index (Phi) is 6.85. The van der Waals surface area contributed by atoms with Crippen LogP contribution in [0.2, 0.25) is 5.02 Å². The molecule has 3 aromatic rings. The summed E-state index contributed by atoms with van der Waals surface area (Å²) in [6.45, 7) is 2.73. The number of hydroxylamine groups is 1. The number of benzene rings is 2. The Morgan fingerprint density at radius 2 is 1.91 bits per heavy atom. The van der Waals surface area contributed by atoms with Gasteiger partial charge in [-0.05, 0) is 54.5 Å². The fraction of sp³-hybridized carbons (Fsp3) is 0.208. The van der Waals surface area contributed by atoms with Gasteiger partial charge in [-0.3, -0.25) is 29.0 Å². The van der Waals surface area contributed by atoms with E-state index in [1.807, 2.05) is 13.0 Å². The van der Waals surface area contributed by atoms with Crippen molar-refractivity contribution >= 4 is 28.4 Å². The van der Waals surface area contributed by atoms with Crippen molar-refractivity contribution in [3.8, 4) is 0 Å². The summed E-state index contributed by atoms with van der Waals surface area (Å²) in [5.41, 5.74) is 4.37. The van der Waals surface area contributed by atoms with E-state index in [1.165, 1.54) is 15.8 Å². The highest BCUT2D eigenvalue weighted by atomic mass is 35.5. The predicted molar refractivity (Wildman–Crippen MR) is 130 cm³/mol. The molecule has 0 saturated carbocycles. The van der Waals surface area contributed by atoms with E-state index < -0.39 is 11.2 Å². The Bertz CT molecular complexity index is 1410. The van der Waals surface area contributed by atoms with E-state index in [2.05, 4.69) is 10.7 Å².